The van der Waals surface area contributed by atoms with Gasteiger partial charge in [0.05, 0.1) is 5.60 Å². The fourth-order valence-electron chi connectivity index (χ4n) is 0.868. The molecule has 0 aromatic carbocycles. The van der Waals surface area contributed by atoms with E-state index in [4.69, 9.17) is 5.73 Å². The number of aromatic nitrogens is 3. The third-order valence-corrected chi connectivity index (χ3v) is 3.02. The number of aliphatic hydroxyl groups is 1. The normalized spacial score (nSPS) is 15.4. The van der Waals surface area contributed by atoms with Crippen molar-refractivity contribution in [2.45, 2.75) is 24.1 Å². The number of nitrogens with zero attached hydrogens (tertiary/aromatic N) is 3. The van der Waals surface area contributed by atoms with E-state index >= 15 is 0 Å². The van der Waals surface area contributed by atoms with Gasteiger partial charge in [-0.2, -0.15) is 0 Å². The fraction of sp³-hybridized carbons (Fsp3) is 0.750. The first kappa shape index (κ1) is 11.5. The lowest BCUT2D eigenvalue weighted by molar-refractivity contribution is 0.0665. The molecule has 1 aromatic rings. The molecule has 6 heteroatoms. The summed E-state index contributed by atoms with van der Waals surface area (Å²) in [5, 5.41) is 18.2. The van der Waals surface area contributed by atoms with Crippen LogP contribution in [0.4, 0.5) is 0 Å². The molecule has 5 nitrogen and oxygen atoms in total. The second-order valence-electron chi connectivity index (χ2n) is 3.52. The molecule has 3 N–H and O–H groups in total. The van der Waals surface area contributed by atoms with Crippen LogP contribution in [0.5, 0.6) is 0 Å². The minimum absolute atomic E-state index is 0.284. The highest BCUT2D eigenvalue weighted by molar-refractivity contribution is 7.99. The first-order valence-electron chi connectivity index (χ1n) is 4.44. The van der Waals surface area contributed by atoms with Crippen LogP contribution in [0.2, 0.25) is 0 Å². The Morgan fingerprint density at radius 3 is 2.93 bits per heavy atom. The van der Waals surface area contributed by atoms with E-state index in [0.29, 0.717) is 6.42 Å². The van der Waals surface area contributed by atoms with Gasteiger partial charge in [0.2, 0.25) is 0 Å². The summed E-state index contributed by atoms with van der Waals surface area (Å²) in [6, 6.07) is 0. The molecule has 0 aliphatic rings. The van der Waals surface area contributed by atoms with Gasteiger partial charge in [-0.25, -0.2) is 0 Å². The van der Waals surface area contributed by atoms with E-state index in [0.717, 1.165) is 10.9 Å². The molecule has 1 unspecified atom stereocenters. The van der Waals surface area contributed by atoms with Crippen molar-refractivity contribution in [3.8, 4) is 0 Å². The van der Waals surface area contributed by atoms with Crippen molar-refractivity contribution in [3.05, 3.63) is 6.33 Å². The Morgan fingerprint density at radius 2 is 2.43 bits per heavy atom. The summed E-state index contributed by atoms with van der Waals surface area (Å²) in [5.41, 5.74) is 4.63. The molecular weight excluding hydrogens is 200 g/mol. The Bertz CT molecular complexity index is 287. The highest BCUT2D eigenvalue weighted by atomic mass is 32.2. The fourth-order valence-corrected chi connectivity index (χ4v) is 1.95. The van der Waals surface area contributed by atoms with Crippen LogP contribution >= 0.6 is 11.8 Å². The standard InChI is InChI=1S/C8H16N4OS/c1-8(13,5-9)3-4-14-7-11-10-6-12(7)2/h6,13H,3-5,9H2,1-2H3. The zero-order chi connectivity index (χ0) is 10.6. The zero-order valence-corrected chi connectivity index (χ0v) is 9.29. The van der Waals surface area contributed by atoms with Crippen molar-refractivity contribution in [2.24, 2.45) is 12.8 Å². The largest absolute Gasteiger partial charge is 0.389 e. The van der Waals surface area contributed by atoms with Gasteiger partial charge < -0.3 is 15.4 Å². The number of hydrogen-bond donors (Lipinski definition) is 2. The van der Waals surface area contributed by atoms with Gasteiger partial charge in [0.25, 0.3) is 0 Å². The van der Waals surface area contributed by atoms with E-state index < -0.39 is 5.60 Å². The topological polar surface area (TPSA) is 77.0 Å². The van der Waals surface area contributed by atoms with Gasteiger partial charge in [-0.3, -0.25) is 0 Å². The lowest BCUT2D eigenvalue weighted by Gasteiger charge is -2.19. The Morgan fingerprint density at radius 1 is 1.71 bits per heavy atom. The molecule has 1 heterocycles. The summed E-state index contributed by atoms with van der Waals surface area (Å²) < 4.78 is 1.85. The molecule has 0 aliphatic carbocycles. The first-order chi connectivity index (χ1) is 6.55. The first-order valence-corrected chi connectivity index (χ1v) is 5.43. The maximum absolute atomic E-state index is 9.64. The van der Waals surface area contributed by atoms with Crippen LogP contribution in [0.15, 0.2) is 11.5 Å². The SMILES string of the molecule is Cn1cnnc1SCCC(C)(O)CN. The van der Waals surface area contributed by atoms with Crippen LogP contribution in [-0.2, 0) is 7.05 Å². The van der Waals surface area contributed by atoms with Gasteiger partial charge in [-0.15, -0.1) is 10.2 Å². The second-order valence-corrected chi connectivity index (χ2v) is 4.59. The van der Waals surface area contributed by atoms with E-state index in [1.54, 1.807) is 25.0 Å². The Kier molecular flexibility index (Phi) is 3.91. The van der Waals surface area contributed by atoms with Gasteiger partial charge in [0, 0.05) is 19.3 Å². The minimum atomic E-state index is -0.772. The molecule has 0 bridgehead atoms. The van der Waals surface area contributed by atoms with Crippen molar-refractivity contribution in [1.29, 1.82) is 0 Å². The molecule has 0 spiro atoms. The number of nitrogens with two attached hydrogens (primary N) is 1. The van der Waals surface area contributed by atoms with E-state index in [2.05, 4.69) is 10.2 Å². The van der Waals surface area contributed by atoms with E-state index in [1.165, 1.54) is 0 Å². The molecule has 80 valence electrons. The molecule has 0 fully saturated rings. The Labute approximate surface area is 87.7 Å². The van der Waals surface area contributed by atoms with Gasteiger partial charge in [-0.1, -0.05) is 11.8 Å². The van der Waals surface area contributed by atoms with E-state index in [-0.39, 0.29) is 6.54 Å². The van der Waals surface area contributed by atoms with Crippen molar-refractivity contribution in [2.75, 3.05) is 12.3 Å². The maximum atomic E-state index is 9.64. The third-order valence-electron chi connectivity index (χ3n) is 1.98. The maximum Gasteiger partial charge on any atom is 0.190 e. The van der Waals surface area contributed by atoms with Crippen molar-refractivity contribution in [1.82, 2.24) is 14.8 Å². The minimum Gasteiger partial charge on any atom is -0.389 e. The van der Waals surface area contributed by atoms with Crippen LogP contribution < -0.4 is 5.73 Å². The quantitative estimate of drug-likeness (QED) is 0.678. The monoisotopic (exact) mass is 216 g/mol. The number of aryl methyl sites for hydroxylation is 1. The number of hydrogen-bond acceptors (Lipinski definition) is 5. The molecule has 14 heavy (non-hydrogen) atoms. The highest BCUT2D eigenvalue weighted by Crippen LogP contribution is 2.18. The summed E-state index contributed by atoms with van der Waals surface area (Å²) in [4.78, 5) is 0. The van der Waals surface area contributed by atoms with Crippen molar-refractivity contribution in [3.63, 3.8) is 0 Å². The molecule has 0 amide bonds. The summed E-state index contributed by atoms with van der Waals surface area (Å²) in [6.07, 6.45) is 2.31. The zero-order valence-electron chi connectivity index (χ0n) is 8.47. The summed E-state index contributed by atoms with van der Waals surface area (Å²) >= 11 is 1.57. The predicted octanol–water partition coefficient (Wildman–Crippen LogP) is 0.00700. The Balaban J connectivity index is 2.32. The van der Waals surface area contributed by atoms with Crippen LogP contribution in [0, 0.1) is 0 Å². The van der Waals surface area contributed by atoms with E-state index in [1.807, 2.05) is 11.6 Å². The van der Waals surface area contributed by atoms with Crippen LogP contribution in [0.25, 0.3) is 0 Å². The van der Waals surface area contributed by atoms with Crippen LogP contribution in [-0.4, -0.2) is 37.8 Å². The van der Waals surface area contributed by atoms with Crippen LogP contribution in [0.1, 0.15) is 13.3 Å². The number of rotatable bonds is 5. The Hall–Kier alpha value is -0.590. The van der Waals surface area contributed by atoms with Gasteiger partial charge in [-0.05, 0) is 13.3 Å². The highest BCUT2D eigenvalue weighted by Gasteiger charge is 2.17. The average Bonchev–Trinajstić information content (AvgIpc) is 2.52. The van der Waals surface area contributed by atoms with Crippen molar-refractivity contribution < 1.29 is 5.11 Å². The van der Waals surface area contributed by atoms with Crippen LogP contribution in [0.3, 0.4) is 0 Å². The molecule has 0 saturated carbocycles. The van der Waals surface area contributed by atoms with Gasteiger partial charge in [0.15, 0.2) is 5.16 Å². The summed E-state index contributed by atoms with van der Waals surface area (Å²) in [6.45, 7) is 2.02. The predicted molar refractivity (Wildman–Crippen MR) is 56.0 cm³/mol. The second kappa shape index (κ2) is 4.77. The van der Waals surface area contributed by atoms with Gasteiger partial charge in [0.1, 0.15) is 6.33 Å². The molecule has 0 saturated heterocycles. The third kappa shape index (κ3) is 3.28. The lowest BCUT2D eigenvalue weighted by atomic mass is 10.1. The molecular formula is C8H16N4OS. The molecule has 0 radical (unpaired) electrons. The summed E-state index contributed by atoms with van der Waals surface area (Å²) in [7, 11) is 1.89. The van der Waals surface area contributed by atoms with E-state index in [9.17, 15) is 5.11 Å². The van der Waals surface area contributed by atoms with Gasteiger partial charge >= 0.3 is 0 Å². The number of thioether (sulfide) groups is 1. The lowest BCUT2D eigenvalue weighted by Crippen LogP contribution is -2.34. The molecule has 0 aliphatic heterocycles. The van der Waals surface area contributed by atoms with Crippen molar-refractivity contribution >= 4 is 11.8 Å². The smallest absolute Gasteiger partial charge is 0.190 e. The molecule has 1 atom stereocenters. The summed E-state index contributed by atoms with van der Waals surface area (Å²) in [5.74, 6) is 0.788. The average molecular weight is 216 g/mol. The molecule has 1 rings (SSSR count). The molecule has 1 aromatic heterocycles.